The zero-order chi connectivity index (χ0) is 21.4. The van der Waals surface area contributed by atoms with Gasteiger partial charge in [0.2, 0.25) is 6.41 Å². The number of benzene rings is 3. The fourth-order valence-corrected chi connectivity index (χ4v) is 4.13. The largest absolute Gasteiger partial charge is 0.488 e. The Labute approximate surface area is 181 Å². The molecule has 0 unspecified atom stereocenters. The molecule has 5 heteroatoms. The summed E-state index contributed by atoms with van der Waals surface area (Å²) in [7, 11) is 1.86. The molecular weight excluding hydrogens is 391 g/mol. The molecule has 1 N–H and O–H groups in total. The third-order valence-electron chi connectivity index (χ3n) is 5.86. The van der Waals surface area contributed by atoms with Gasteiger partial charge in [-0.25, -0.2) is 4.39 Å². The number of fused-ring (bicyclic) bond motifs is 2. The van der Waals surface area contributed by atoms with Crippen LogP contribution in [0, 0.1) is 5.82 Å². The highest BCUT2D eigenvalue weighted by atomic mass is 19.1. The van der Waals surface area contributed by atoms with Crippen molar-refractivity contribution < 1.29 is 13.9 Å². The van der Waals surface area contributed by atoms with E-state index in [2.05, 4.69) is 17.5 Å². The van der Waals surface area contributed by atoms with Crippen molar-refractivity contribution in [3.8, 4) is 5.75 Å². The van der Waals surface area contributed by atoms with Gasteiger partial charge in [-0.2, -0.15) is 0 Å². The van der Waals surface area contributed by atoms with Crippen LogP contribution in [0.25, 0.3) is 11.6 Å². The Morgan fingerprint density at radius 2 is 1.90 bits per heavy atom. The van der Waals surface area contributed by atoms with E-state index in [1.807, 2.05) is 43.4 Å². The highest BCUT2D eigenvalue weighted by molar-refractivity contribution is 5.96. The molecule has 0 spiro atoms. The molecule has 4 nitrogen and oxygen atoms in total. The minimum absolute atomic E-state index is 0.293. The Hall–Kier alpha value is -3.60. The molecule has 1 aliphatic carbocycles. The molecule has 0 aromatic heterocycles. The monoisotopic (exact) mass is 414 g/mol. The first-order valence-corrected chi connectivity index (χ1v) is 10.5. The van der Waals surface area contributed by atoms with Crippen LogP contribution in [0.5, 0.6) is 5.75 Å². The molecule has 1 aliphatic heterocycles. The van der Waals surface area contributed by atoms with E-state index in [1.54, 1.807) is 11.0 Å². The molecule has 2 aliphatic rings. The number of amides is 1. The van der Waals surface area contributed by atoms with E-state index >= 15 is 0 Å². The highest BCUT2D eigenvalue weighted by Gasteiger charge is 2.30. The van der Waals surface area contributed by atoms with Crippen LogP contribution in [0.4, 0.5) is 15.8 Å². The van der Waals surface area contributed by atoms with Gasteiger partial charge in [-0.15, -0.1) is 0 Å². The van der Waals surface area contributed by atoms with Crippen molar-refractivity contribution in [2.24, 2.45) is 0 Å². The Balaban J connectivity index is 1.64. The molecule has 5 rings (SSSR count). The lowest BCUT2D eigenvalue weighted by Gasteiger charge is -2.21. The lowest BCUT2D eigenvalue weighted by Crippen LogP contribution is -2.24. The van der Waals surface area contributed by atoms with Gasteiger partial charge >= 0.3 is 0 Å². The summed E-state index contributed by atoms with van der Waals surface area (Å²) in [5, 5.41) is 3.22. The zero-order valence-corrected chi connectivity index (χ0v) is 17.3. The van der Waals surface area contributed by atoms with Gasteiger partial charge in [-0.3, -0.25) is 4.79 Å². The summed E-state index contributed by atoms with van der Waals surface area (Å²) < 4.78 is 19.8. The summed E-state index contributed by atoms with van der Waals surface area (Å²) in [5.41, 5.74) is 6.71. The van der Waals surface area contributed by atoms with Crippen LogP contribution in [0.1, 0.15) is 35.1 Å². The first-order chi connectivity index (χ1) is 15.2. The number of hydrogen-bond acceptors (Lipinski definition) is 3. The minimum Gasteiger partial charge on any atom is -0.488 e. The van der Waals surface area contributed by atoms with Gasteiger partial charge in [-0.05, 0) is 65.4 Å². The van der Waals surface area contributed by atoms with Crippen LogP contribution in [-0.2, 0) is 11.4 Å². The van der Waals surface area contributed by atoms with Gasteiger partial charge in [0, 0.05) is 24.7 Å². The smallest absolute Gasteiger partial charge is 0.214 e. The number of nitrogens with one attached hydrogen (secondary N) is 1. The third kappa shape index (κ3) is 3.67. The molecular formula is C26H23FN2O2. The molecule has 0 saturated heterocycles. The number of ether oxygens (including phenoxy) is 1. The second kappa shape index (κ2) is 7.91. The average Bonchev–Trinajstić information content (AvgIpc) is 3.64. The first kappa shape index (κ1) is 19.4. The second-order valence-electron chi connectivity index (χ2n) is 7.91. The number of hydrogen-bond donors (Lipinski definition) is 1. The van der Waals surface area contributed by atoms with Crippen LogP contribution in [0.15, 0.2) is 60.7 Å². The maximum absolute atomic E-state index is 13.9. The minimum atomic E-state index is -0.320. The van der Waals surface area contributed by atoms with Crippen molar-refractivity contribution in [2.75, 3.05) is 17.3 Å². The number of halogens is 1. The SMILES string of the molecule is CNc1cc(/C=C2\c3ccccc3COc3cc(F)ccc32)ccc1N(C=O)C1CC1. The average molecular weight is 414 g/mol. The molecule has 1 heterocycles. The van der Waals surface area contributed by atoms with Gasteiger partial charge in [0.1, 0.15) is 18.2 Å². The van der Waals surface area contributed by atoms with E-state index in [-0.39, 0.29) is 5.82 Å². The third-order valence-corrected chi connectivity index (χ3v) is 5.86. The van der Waals surface area contributed by atoms with Crippen LogP contribution in [0.3, 0.4) is 0 Å². The lowest BCUT2D eigenvalue weighted by atomic mass is 9.92. The zero-order valence-electron chi connectivity index (χ0n) is 17.3. The number of nitrogens with zero attached hydrogens (tertiary/aromatic N) is 1. The lowest BCUT2D eigenvalue weighted by molar-refractivity contribution is -0.107. The summed E-state index contributed by atoms with van der Waals surface area (Å²) in [5.74, 6) is 0.216. The van der Waals surface area contributed by atoms with Crippen molar-refractivity contribution in [2.45, 2.75) is 25.5 Å². The Morgan fingerprint density at radius 3 is 2.68 bits per heavy atom. The molecule has 3 aromatic rings. The Kier molecular flexibility index (Phi) is 4.94. The highest BCUT2D eigenvalue weighted by Crippen LogP contribution is 2.40. The van der Waals surface area contributed by atoms with Crippen molar-refractivity contribution in [3.63, 3.8) is 0 Å². The fraction of sp³-hybridized carbons (Fsp3) is 0.192. The maximum Gasteiger partial charge on any atom is 0.214 e. The fourth-order valence-electron chi connectivity index (χ4n) is 4.13. The standard InChI is InChI=1S/C26H23FN2O2/c1-28-24-13-17(6-11-25(24)29(16-30)20-8-9-20)12-23-21-5-3-2-4-18(21)15-31-26-14-19(27)7-10-22(23)26/h2-7,10-14,16,20,28H,8-9,15H2,1H3/b23-12+. The summed E-state index contributed by atoms with van der Waals surface area (Å²) in [6.45, 7) is 0.389. The van der Waals surface area contributed by atoms with E-state index in [0.29, 0.717) is 18.4 Å². The van der Waals surface area contributed by atoms with Crippen LogP contribution in [-0.4, -0.2) is 19.5 Å². The van der Waals surface area contributed by atoms with Gasteiger partial charge in [0.15, 0.2) is 0 Å². The van der Waals surface area contributed by atoms with Gasteiger partial charge in [0.05, 0.1) is 11.4 Å². The summed E-state index contributed by atoms with van der Waals surface area (Å²) in [4.78, 5) is 13.4. The predicted octanol–water partition coefficient (Wildman–Crippen LogP) is 5.47. The van der Waals surface area contributed by atoms with Crippen LogP contribution >= 0.6 is 0 Å². The molecule has 0 radical (unpaired) electrons. The van der Waals surface area contributed by atoms with Crippen LogP contribution in [0.2, 0.25) is 0 Å². The van der Waals surface area contributed by atoms with Crippen molar-refractivity contribution in [1.82, 2.24) is 0 Å². The molecule has 3 aromatic carbocycles. The van der Waals surface area contributed by atoms with E-state index < -0.39 is 0 Å². The quantitative estimate of drug-likeness (QED) is 0.563. The molecule has 1 amide bonds. The number of rotatable bonds is 5. The normalized spacial score (nSPS) is 16.0. The van der Waals surface area contributed by atoms with Gasteiger partial charge < -0.3 is 15.0 Å². The Bertz CT molecular complexity index is 1180. The van der Waals surface area contributed by atoms with Gasteiger partial charge in [-0.1, -0.05) is 30.3 Å². The molecule has 31 heavy (non-hydrogen) atoms. The molecule has 1 saturated carbocycles. The van der Waals surface area contributed by atoms with E-state index in [4.69, 9.17) is 4.74 Å². The molecule has 156 valence electrons. The van der Waals surface area contributed by atoms with Crippen molar-refractivity contribution >= 4 is 29.4 Å². The van der Waals surface area contributed by atoms with Gasteiger partial charge in [0.25, 0.3) is 0 Å². The molecule has 0 atom stereocenters. The van der Waals surface area contributed by atoms with E-state index in [9.17, 15) is 9.18 Å². The predicted molar refractivity (Wildman–Crippen MR) is 122 cm³/mol. The van der Waals surface area contributed by atoms with Crippen molar-refractivity contribution in [3.05, 3.63) is 88.7 Å². The number of carbonyl (C=O) groups is 1. The summed E-state index contributed by atoms with van der Waals surface area (Å²) >= 11 is 0. The summed E-state index contributed by atoms with van der Waals surface area (Å²) in [6, 6.07) is 19.1. The first-order valence-electron chi connectivity index (χ1n) is 10.5. The van der Waals surface area contributed by atoms with Crippen LogP contribution < -0.4 is 15.0 Å². The second-order valence-corrected chi connectivity index (χ2v) is 7.91. The topological polar surface area (TPSA) is 41.6 Å². The Morgan fingerprint density at radius 1 is 1.06 bits per heavy atom. The summed E-state index contributed by atoms with van der Waals surface area (Å²) in [6.07, 6.45) is 5.09. The van der Waals surface area contributed by atoms with E-state index in [0.717, 1.165) is 58.5 Å². The maximum atomic E-state index is 13.9. The van der Waals surface area contributed by atoms with E-state index in [1.165, 1.54) is 12.1 Å². The molecule has 0 bridgehead atoms. The van der Waals surface area contributed by atoms with Crippen molar-refractivity contribution in [1.29, 1.82) is 0 Å². The number of anilines is 2. The molecule has 1 fully saturated rings. The number of carbonyl (C=O) groups excluding carboxylic acids is 1.